The molecule has 0 aliphatic carbocycles. The van der Waals surface area contributed by atoms with Crippen molar-refractivity contribution >= 4 is 27.5 Å². The number of hydrogen-bond donors (Lipinski definition) is 0. The Hall–Kier alpha value is -1.69. The van der Waals surface area contributed by atoms with E-state index in [2.05, 4.69) is 18.8 Å². The SMILES string of the molecule is CCc1cc2c(=O)n(CC(=O)N3CCCC[C@@H]3C)cnc2s1. The predicted molar refractivity (Wildman–Crippen MR) is 88.3 cm³/mol. The molecule has 2 aromatic rings. The molecule has 1 saturated heterocycles. The molecule has 2 aromatic heterocycles. The van der Waals surface area contributed by atoms with Gasteiger partial charge in [-0.05, 0) is 38.7 Å². The number of carbonyl (C=O) groups is 1. The van der Waals surface area contributed by atoms with Crippen LogP contribution >= 0.6 is 11.3 Å². The summed E-state index contributed by atoms with van der Waals surface area (Å²) >= 11 is 1.55. The number of piperidine rings is 1. The number of rotatable bonds is 3. The van der Waals surface area contributed by atoms with Crippen molar-refractivity contribution in [3.63, 3.8) is 0 Å². The molecule has 0 bridgehead atoms. The second-order valence-electron chi connectivity index (χ2n) is 5.89. The first-order valence-corrected chi connectivity index (χ1v) is 8.69. The average Bonchev–Trinajstić information content (AvgIpc) is 2.94. The zero-order valence-corrected chi connectivity index (χ0v) is 13.9. The third-order valence-corrected chi connectivity index (χ3v) is 5.53. The molecule has 0 N–H and O–H groups in total. The Balaban J connectivity index is 1.85. The molecule has 6 heteroatoms. The number of hydrogen-bond acceptors (Lipinski definition) is 4. The molecule has 1 amide bonds. The molecule has 3 rings (SSSR count). The molecular weight excluding hydrogens is 298 g/mol. The minimum absolute atomic E-state index is 0.0152. The van der Waals surface area contributed by atoms with Gasteiger partial charge in [-0.15, -0.1) is 11.3 Å². The number of amides is 1. The molecular formula is C16H21N3O2S. The number of thiophene rings is 1. The van der Waals surface area contributed by atoms with Gasteiger partial charge in [0.25, 0.3) is 5.56 Å². The summed E-state index contributed by atoms with van der Waals surface area (Å²) in [6, 6.07) is 2.17. The van der Waals surface area contributed by atoms with Crippen LogP contribution in [-0.4, -0.2) is 32.9 Å². The van der Waals surface area contributed by atoms with Gasteiger partial charge in [-0.1, -0.05) is 6.92 Å². The van der Waals surface area contributed by atoms with Crippen LogP contribution in [-0.2, 0) is 17.8 Å². The van der Waals surface area contributed by atoms with Crippen molar-refractivity contribution in [3.8, 4) is 0 Å². The van der Waals surface area contributed by atoms with Gasteiger partial charge in [-0.2, -0.15) is 0 Å². The van der Waals surface area contributed by atoms with Gasteiger partial charge in [0.15, 0.2) is 0 Å². The van der Waals surface area contributed by atoms with E-state index in [0.717, 1.165) is 35.5 Å². The summed E-state index contributed by atoms with van der Waals surface area (Å²) < 4.78 is 1.44. The Kier molecular flexibility index (Phi) is 4.29. The fourth-order valence-electron chi connectivity index (χ4n) is 3.00. The maximum atomic E-state index is 12.5. The monoisotopic (exact) mass is 319 g/mol. The summed E-state index contributed by atoms with van der Waals surface area (Å²) in [5.41, 5.74) is -0.112. The van der Waals surface area contributed by atoms with Crippen LogP contribution in [0.5, 0.6) is 0 Å². The van der Waals surface area contributed by atoms with E-state index in [1.54, 1.807) is 11.3 Å². The minimum Gasteiger partial charge on any atom is -0.338 e. The van der Waals surface area contributed by atoms with Crippen LogP contribution in [0.25, 0.3) is 10.2 Å². The summed E-state index contributed by atoms with van der Waals surface area (Å²) in [7, 11) is 0. The lowest BCUT2D eigenvalue weighted by Crippen LogP contribution is -2.44. The highest BCUT2D eigenvalue weighted by Crippen LogP contribution is 2.21. The van der Waals surface area contributed by atoms with Gasteiger partial charge in [0.2, 0.25) is 5.91 Å². The van der Waals surface area contributed by atoms with E-state index in [-0.39, 0.29) is 24.1 Å². The van der Waals surface area contributed by atoms with Crippen molar-refractivity contribution < 1.29 is 4.79 Å². The van der Waals surface area contributed by atoms with E-state index in [1.165, 1.54) is 17.3 Å². The summed E-state index contributed by atoms with van der Waals surface area (Å²) in [6.07, 6.45) is 5.67. The molecule has 0 radical (unpaired) electrons. The summed E-state index contributed by atoms with van der Waals surface area (Å²) in [5.74, 6) is 0.0152. The molecule has 1 atom stereocenters. The molecule has 0 saturated carbocycles. The van der Waals surface area contributed by atoms with Gasteiger partial charge < -0.3 is 4.90 Å². The fourth-order valence-corrected chi connectivity index (χ4v) is 3.93. The highest BCUT2D eigenvalue weighted by atomic mass is 32.1. The van der Waals surface area contributed by atoms with Crippen LogP contribution in [0.15, 0.2) is 17.2 Å². The largest absolute Gasteiger partial charge is 0.338 e. The third-order valence-electron chi connectivity index (χ3n) is 4.35. The van der Waals surface area contributed by atoms with Gasteiger partial charge in [-0.25, -0.2) is 4.98 Å². The van der Waals surface area contributed by atoms with Gasteiger partial charge in [0, 0.05) is 17.5 Å². The van der Waals surface area contributed by atoms with E-state index in [1.807, 2.05) is 11.0 Å². The molecule has 1 fully saturated rings. The Morgan fingerprint density at radius 2 is 2.27 bits per heavy atom. The first-order chi connectivity index (χ1) is 10.6. The number of carbonyl (C=O) groups excluding carboxylic acids is 1. The lowest BCUT2D eigenvalue weighted by atomic mass is 10.0. The third kappa shape index (κ3) is 2.79. The van der Waals surface area contributed by atoms with Crippen LogP contribution in [0, 0.1) is 0 Å². The van der Waals surface area contributed by atoms with Crippen LogP contribution in [0.2, 0.25) is 0 Å². The Morgan fingerprint density at radius 3 is 3.00 bits per heavy atom. The smallest absolute Gasteiger partial charge is 0.262 e. The van der Waals surface area contributed by atoms with Crippen molar-refractivity contribution in [3.05, 3.63) is 27.6 Å². The van der Waals surface area contributed by atoms with Crippen molar-refractivity contribution in [2.24, 2.45) is 0 Å². The Morgan fingerprint density at radius 1 is 1.45 bits per heavy atom. The van der Waals surface area contributed by atoms with Crippen molar-refractivity contribution in [2.75, 3.05) is 6.54 Å². The maximum Gasteiger partial charge on any atom is 0.262 e. The number of aryl methyl sites for hydroxylation is 1. The topological polar surface area (TPSA) is 55.2 Å². The molecule has 22 heavy (non-hydrogen) atoms. The van der Waals surface area contributed by atoms with E-state index in [4.69, 9.17) is 0 Å². The van der Waals surface area contributed by atoms with Crippen molar-refractivity contribution in [1.29, 1.82) is 0 Å². The zero-order chi connectivity index (χ0) is 15.7. The van der Waals surface area contributed by atoms with Gasteiger partial charge >= 0.3 is 0 Å². The van der Waals surface area contributed by atoms with Crippen molar-refractivity contribution in [1.82, 2.24) is 14.5 Å². The van der Waals surface area contributed by atoms with Crippen LogP contribution < -0.4 is 5.56 Å². The minimum atomic E-state index is -0.112. The molecule has 1 aliphatic rings. The first-order valence-electron chi connectivity index (χ1n) is 7.87. The standard InChI is InChI=1S/C16H21N3O2S/c1-3-12-8-13-15(22-12)17-10-18(16(13)21)9-14(20)19-7-5-4-6-11(19)2/h8,10-11H,3-7,9H2,1-2H3/t11-/m0/s1. The quantitative estimate of drug-likeness (QED) is 0.873. The summed E-state index contributed by atoms with van der Waals surface area (Å²) in [4.78, 5) is 33.1. The van der Waals surface area contributed by atoms with Gasteiger partial charge in [0.05, 0.1) is 11.7 Å². The molecule has 5 nitrogen and oxygen atoms in total. The fraction of sp³-hybridized carbons (Fsp3) is 0.562. The molecule has 0 aromatic carbocycles. The molecule has 1 aliphatic heterocycles. The average molecular weight is 319 g/mol. The van der Waals surface area contributed by atoms with E-state index in [0.29, 0.717) is 5.39 Å². The maximum absolute atomic E-state index is 12.5. The second kappa shape index (κ2) is 6.20. The van der Waals surface area contributed by atoms with Gasteiger partial charge in [-0.3, -0.25) is 14.2 Å². The summed E-state index contributed by atoms with van der Waals surface area (Å²) in [5, 5.41) is 0.629. The van der Waals surface area contributed by atoms with Gasteiger partial charge in [0.1, 0.15) is 11.4 Å². The molecule has 0 unspecified atom stereocenters. The lowest BCUT2D eigenvalue weighted by Gasteiger charge is -2.33. The first kappa shape index (κ1) is 15.2. The normalized spacial score (nSPS) is 18.8. The summed E-state index contributed by atoms with van der Waals surface area (Å²) in [6.45, 7) is 5.02. The zero-order valence-electron chi connectivity index (χ0n) is 13.0. The highest BCUT2D eigenvalue weighted by molar-refractivity contribution is 7.18. The Bertz CT molecular complexity index is 749. The van der Waals surface area contributed by atoms with Crippen molar-refractivity contribution in [2.45, 2.75) is 52.1 Å². The van der Waals surface area contributed by atoms with E-state index in [9.17, 15) is 9.59 Å². The van der Waals surface area contributed by atoms with Crippen LogP contribution in [0.3, 0.4) is 0 Å². The predicted octanol–water partition coefficient (Wildman–Crippen LogP) is 2.42. The highest BCUT2D eigenvalue weighted by Gasteiger charge is 2.23. The molecule has 0 spiro atoms. The number of fused-ring (bicyclic) bond motifs is 1. The number of likely N-dealkylation sites (tertiary alicyclic amines) is 1. The number of nitrogens with zero attached hydrogens (tertiary/aromatic N) is 3. The van der Waals surface area contributed by atoms with E-state index < -0.39 is 0 Å². The number of aromatic nitrogens is 2. The van der Waals surface area contributed by atoms with Crippen LogP contribution in [0.4, 0.5) is 0 Å². The Labute approximate surface area is 133 Å². The lowest BCUT2D eigenvalue weighted by molar-refractivity contribution is -0.135. The molecule has 3 heterocycles. The second-order valence-corrected chi connectivity index (χ2v) is 7.01. The van der Waals surface area contributed by atoms with E-state index >= 15 is 0 Å². The molecule has 118 valence electrons. The van der Waals surface area contributed by atoms with Crippen LogP contribution in [0.1, 0.15) is 38.0 Å².